The van der Waals surface area contributed by atoms with Crippen LogP contribution in [0.3, 0.4) is 0 Å². The molecule has 0 saturated heterocycles. The molecule has 0 aliphatic carbocycles. The highest BCUT2D eigenvalue weighted by molar-refractivity contribution is 5.73. The summed E-state index contributed by atoms with van der Waals surface area (Å²) in [7, 11) is 3.13. The first-order valence-corrected chi connectivity index (χ1v) is 4.40. The van der Waals surface area contributed by atoms with Gasteiger partial charge >= 0.3 is 5.97 Å². The maximum Gasteiger partial charge on any atom is 0.320 e. The average Bonchev–Trinajstić information content (AvgIpc) is 2.20. The Kier molecular flexibility index (Phi) is 13.0. The number of nitrogens with one attached hydrogen (secondary N) is 1. The summed E-state index contributed by atoms with van der Waals surface area (Å²) in [5.41, 5.74) is 9.51. The summed E-state index contributed by atoms with van der Waals surface area (Å²) in [5.74, 6) is -0.825. The van der Waals surface area contributed by atoms with Crippen molar-refractivity contribution in [2.45, 2.75) is 18.9 Å². The molecular weight excluding hydrogens is 184 g/mol. The van der Waals surface area contributed by atoms with E-state index in [4.69, 9.17) is 10.8 Å². The minimum atomic E-state index is -0.825. The van der Waals surface area contributed by atoms with E-state index in [0.717, 1.165) is 6.42 Å². The number of aliphatic imine (C=N–C) groups is 1. The van der Waals surface area contributed by atoms with E-state index in [1.54, 1.807) is 7.05 Å². The fourth-order valence-electron chi connectivity index (χ4n) is 0.853. The van der Waals surface area contributed by atoms with Gasteiger partial charge < -0.3 is 21.9 Å². The van der Waals surface area contributed by atoms with Gasteiger partial charge in [-0.1, -0.05) is 0 Å². The van der Waals surface area contributed by atoms with Crippen molar-refractivity contribution in [1.82, 2.24) is 5.32 Å². The monoisotopic (exact) mass is 204 g/mol. The van der Waals surface area contributed by atoms with Gasteiger partial charge in [-0.15, -0.1) is 0 Å². The highest BCUT2D eigenvalue weighted by Gasteiger charge is 2.12. The van der Waals surface area contributed by atoms with Crippen LogP contribution in [0.25, 0.3) is 0 Å². The van der Waals surface area contributed by atoms with E-state index < -0.39 is 12.0 Å². The molecule has 0 spiro atoms. The van der Waals surface area contributed by atoms with Crippen molar-refractivity contribution < 1.29 is 9.90 Å². The van der Waals surface area contributed by atoms with E-state index in [9.17, 15) is 4.79 Å². The van der Waals surface area contributed by atoms with Crippen LogP contribution in [0, 0.1) is 0 Å². The third-order valence-electron chi connectivity index (χ3n) is 1.53. The van der Waals surface area contributed by atoms with Crippen LogP contribution in [0.5, 0.6) is 0 Å². The molecule has 0 aliphatic rings. The lowest BCUT2D eigenvalue weighted by molar-refractivity contribution is -0.139. The van der Waals surface area contributed by atoms with E-state index >= 15 is 0 Å². The van der Waals surface area contributed by atoms with E-state index in [0.29, 0.717) is 13.0 Å². The van der Waals surface area contributed by atoms with Crippen LogP contribution in [-0.2, 0) is 4.79 Å². The van der Waals surface area contributed by atoms with E-state index in [-0.39, 0.29) is 0 Å². The third-order valence-corrected chi connectivity index (χ3v) is 1.53. The van der Waals surface area contributed by atoms with Crippen LogP contribution in [0.15, 0.2) is 4.99 Å². The van der Waals surface area contributed by atoms with Crippen molar-refractivity contribution in [3.05, 3.63) is 0 Å². The SMILES string of the molecule is CN.CNC(CCCN=CN)C(=O)O. The molecule has 0 fully saturated rings. The van der Waals surface area contributed by atoms with Gasteiger partial charge in [0.25, 0.3) is 0 Å². The summed E-state index contributed by atoms with van der Waals surface area (Å²) in [6, 6.07) is -0.474. The Labute approximate surface area is 84.4 Å². The topological polar surface area (TPSA) is 114 Å². The van der Waals surface area contributed by atoms with E-state index in [1.807, 2.05) is 0 Å². The molecule has 1 atom stereocenters. The second kappa shape index (κ2) is 11.9. The normalized spacial score (nSPS) is 11.9. The van der Waals surface area contributed by atoms with Crippen molar-refractivity contribution in [2.75, 3.05) is 20.6 Å². The Hall–Kier alpha value is -1.14. The largest absolute Gasteiger partial charge is 0.480 e. The van der Waals surface area contributed by atoms with Gasteiger partial charge in [-0.05, 0) is 26.9 Å². The predicted octanol–water partition coefficient (Wildman–Crippen LogP) is -0.999. The third kappa shape index (κ3) is 8.95. The van der Waals surface area contributed by atoms with Gasteiger partial charge in [0.15, 0.2) is 0 Å². The number of likely N-dealkylation sites (N-methyl/N-ethyl adjacent to an activating group) is 1. The number of aliphatic carboxylic acids is 1. The minimum Gasteiger partial charge on any atom is -0.480 e. The summed E-state index contributed by atoms with van der Waals surface area (Å²) in [6.45, 7) is 0.585. The molecule has 0 heterocycles. The van der Waals surface area contributed by atoms with Crippen molar-refractivity contribution in [1.29, 1.82) is 0 Å². The fourth-order valence-corrected chi connectivity index (χ4v) is 0.853. The van der Waals surface area contributed by atoms with Crippen molar-refractivity contribution in [3.8, 4) is 0 Å². The van der Waals surface area contributed by atoms with Gasteiger partial charge in [-0.25, -0.2) is 0 Å². The minimum absolute atomic E-state index is 0.474. The van der Waals surface area contributed by atoms with Crippen LogP contribution in [0.1, 0.15) is 12.8 Å². The van der Waals surface area contributed by atoms with Crippen LogP contribution in [0.4, 0.5) is 0 Å². The quantitative estimate of drug-likeness (QED) is 0.252. The molecule has 0 saturated carbocycles. The van der Waals surface area contributed by atoms with Crippen molar-refractivity contribution in [2.24, 2.45) is 16.5 Å². The molecule has 0 amide bonds. The molecule has 0 rings (SSSR count). The Morgan fingerprint density at radius 1 is 1.64 bits per heavy atom. The average molecular weight is 204 g/mol. The molecule has 84 valence electrons. The van der Waals surface area contributed by atoms with Crippen LogP contribution in [-0.4, -0.2) is 44.1 Å². The van der Waals surface area contributed by atoms with Gasteiger partial charge in [0.2, 0.25) is 0 Å². The first-order chi connectivity index (χ1) is 6.72. The molecular formula is C8H20N4O2. The molecule has 6 nitrogen and oxygen atoms in total. The number of carboxylic acid groups (broad SMARTS) is 1. The number of carboxylic acids is 1. The Morgan fingerprint density at radius 3 is 2.57 bits per heavy atom. The molecule has 0 aromatic rings. The Morgan fingerprint density at radius 2 is 2.21 bits per heavy atom. The predicted molar refractivity (Wildman–Crippen MR) is 57.4 cm³/mol. The molecule has 1 unspecified atom stereocenters. The highest BCUT2D eigenvalue weighted by atomic mass is 16.4. The zero-order chi connectivity index (χ0) is 11.4. The van der Waals surface area contributed by atoms with Crippen LogP contribution >= 0.6 is 0 Å². The first kappa shape index (κ1) is 15.3. The fraction of sp³-hybridized carbons (Fsp3) is 0.750. The molecule has 0 aromatic heterocycles. The molecule has 0 aliphatic heterocycles. The van der Waals surface area contributed by atoms with Gasteiger partial charge in [-0.3, -0.25) is 9.79 Å². The molecule has 6 heteroatoms. The number of hydrogen-bond acceptors (Lipinski definition) is 4. The lowest BCUT2D eigenvalue weighted by atomic mass is 10.1. The summed E-state index contributed by atoms with van der Waals surface area (Å²) in [4.78, 5) is 14.2. The standard InChI is InChI=1S/C7H15N3O2.CH5N/c1-9-6(7(11)12)3-2-4-10-5-8;1-2/h5-6,9H,2-4H2,1H3,(H2,8,10)(H,11,12);2H2,1H3. The Balaban J connectivity index is 0. The summed E-state index contributed by atoms with van der Waals surface area (Å²) < 4.78 is 0. The van der Waals surface area contributed by atoms with Gasteiger partial charge in [0, 0.05) is 6.54 Å². The van der Waals surface area contributed by atoms with Crippen molar-refractivity contribution >= 4 is 12.3 Å². The zero-order valence-electron chi connectivity index (χ0n) is 8.73. The number of nitrogens with two attached hydrogens (primary N) is 2. The summed E-state index contributed by atoms with van der Waals surface area (Å²) in [5, 5.41) is 11.3. The highest BCUT2D eigenvalue weighted by Crippen LogP contribution is 1.96. The van der Waals surface area contributed by atoms with Gasteiger partial charge in [0.05, 0.1) is 6.34 Å². The Bertz CT molecular complexity index is 161. The smallest absolute Gasteiger partial charge is 0.320 e. The number of hydrogen-bond donors (Lipinski definition) is 4. The maximum absolute atomic E-state index is 10.5. The van der Waals surface area contributed by atoms with E-state index in [1.165, 1.54) is 13.4 Å². The number of rotatable bonds is 6. The van der Waals surface area contributed by atoms with Crippen LogP contribution in [0.2, 0.25) is 0 Å². The second-order valence-electron chi connectivity index (χ2n) is 2.38. The molecule has 0 aromatic carbocycles. The lowest BCUT2D eigenvalue weighted by Crippen LogP contribution is -2.33. The molecule has 0 bridgehead atoms. The van der Waals surface area contributed by atoms with Gasteiger partial charge in [0.1, 0.15) is 6.04 Å². The number of nitrogens with zero attached hydrogens (tertiary/aromatic N) is 1. The van der Waals surface area contributed by atoms with Crippen LogP contribution < -0.4 is 16.8 Å². The first-order valence-electron chi connectivity index (χ1n) is 4.40. The molecule has 0 radical (unpaired) electrons. The summed E-state index contributed by atoms with van der Waals surface area (Å²) in [6.07, 6.45) is 2.53. The lowest BCUT2D eigenvalue weighted by Gasteiger charge is -2.08. The van der Waals surface area contributed by atoms with Crippen molar-refractivity contribution in [3.63, 3.8) is 0 Å². The summed E-state index contributed by atoms with van der Waals surface area (Å²) >= 11 is 0. The molecule has 6 N–H and O–H groups in total. The van der Waals surface area contributed by atoms with E-state index in [2.05, 4.69) is 16.0 Å². The van der Waals surface area contributed by atoms with Gasteiger partial charge in [-0.2, -0.15) is 0 Å². The molecule has 14 heavy (non-hydrogen) atoms. The maximum atomic E-state index is 10.5. The second-order valence-corrected chi connectivity index (χ2v) is 2.38. The zero-order valence-corrected chi connectivity index (χ0v) is 8.73. The number of carbonyl (C=O) groups is 1.